The normalized spacial score (nSPS) is 10.6. The van der Waals surface area contributed by atoms with Gasteiger partial charge >= 0.3 is 0 Å². The molecule has 1 heterocycles. The van der Waals surface area contributed by atoms with Crippen molar-refractivity contribution in [1.29, 1.82) is 0 Å². The predicted molar refractivity (Wildman–Crippen MR) is 73.8 cm³/mol. The van der Waals surface area contributed by atoms with E-state index < -0.39 is 0 Å². The zero-order chi connectivity index (χ0) is 13.1. The molecule has 0 unspecified atom stereocenters. The average Bonchev–Trinajstić information content (AvgIpc) is 2.35. The lowest BCUT2D eigenvalue weighted by Gasteiger charge is -2.07. The minimum atomic E-state index is -0.0379. The molecule has 0 bridgehead atoms. The highest BCUT2D eigenvalue weighted by Gasteiger charge is 2.09. The Morgan fingerprint density at radius 1 is 1.17 bits per heavy atom. The van der Waals surface area contributed by atoms with Crippen molar-refractivity contribution >= 4 is 0 Å². The molecule has 3 heteroatoms. The van der Waals surface area contributed by atoms with Crippen LogP contribution in [0.2, 0.25) is 0 Å². The molecule has 1 aromatic heterocycles. The van der Waals surface area contributed by atoms with E-state index >= 15 is 0 Å². The largest absolute Gasteiger partial charge is 0.310 e. The van der Waals surface area contributed by atoms with Gasteiger partial charge in [0.15, 0.2) is 0 Å². The van der Waals surface area contributed by atoms with Crippen molar-refractivity contribution < 1.29 is 0 Å². The van der Waals surface area contributed by atoms with Crippen LogP contribution in [0.25, 0.3) is 11.3 Å². The number of H-pyrrole nitrogens is 1. The maximum atomic E-state index is 11.9. The number of benzene rings is 1. The molecule has 94 valence electrons. The van der Waals surface area contributed by atoms with E-state index in [2.05, 4.69) is 16.9 Å². The van der Waals surface area contributed by atoms with Crippen molar-refractivity contribution in [3.63, 3.8) is 0 Å². The van der Waals surface area contributed by atoms with Crippen LogP contribution in [0, 0.1) is 13.8 Å². The van der Waals surface area contributed by atoms with Crippen LogP contribution in [0.5, 0.6) is 0 Å². The van der Waals surface area contributed by atoms with Crippen LogP contribution in [0.4, 0.5) is 0 Å². The van der Waals surface area contributed by atoms with Crippen molar-refractivity contribution in [2.45, 2.75) is 33.6 Å². The molecule has 0 aliphatic heterocycles. The summed E-state index contributed by atoms with van der Waals surface area (Å²) in [7, 11) is 0. The van der Waals surface area contributed by atoms with E-state index in [9.17, 15) is 4.79 Å². The second-order valence-corrected chi connectivity index (χ2v) is 4.60. The lowest BCUT2D eigenvalue weighted by atomic mass is 10.1. The number of hydrogen-bond acceptors (Lipinski definition) is 2. The number of rotatable bonds is 3. The van der Waals surface area contributed by atoms with E-state index in [-0.39, 0.29) is 5.56 Å². The van der Waals surface area contributed by atoms with Gasteiger partial charge in [-0.15, -0.1) is 0 Å². The number of nitrogens with zero attached hydrogens (tertiary/aromatic N) is 1. The summed E-state index contributed by atoms with van der Waals surface area (Å²) in [6.07, 6.45) is 1.77. The lowest BCUT2D eigenvalue weighted by Crippen LogP contribution is -2.16. The Labute approximate surface area is 107 Å². The van der Waals surface area contributed by atoms with Gasteiger partial charge in [0, 0.05) is 17.5 Å². The third-order valence-electron chi connectivity index (χ3n) is 3.01. The SMILES string of the molecule is CCCc1nc(-c2ccc(C)cc2)c(C)c(=O)[nH]1. The van der Waals surface area contributed by atoms with Crippen LogP contribution < -0.4 is 5.56 Å². The number of hydrogen-bond donors (Lipinski definition) is 1. The fraction of sp³-hybridized carbons (Fsp3) is 0.333. The topological polar surface area (TPSA) is 45.8 Å². The molecule has 0 aliphatic carbocycles. The summed E-state index contributed by atoms with van der Waals surface area (Å²) >= 11 is 0. The Bertz CT molecular complexity index is 597. The van der Waals surface area contributed by atoms with Crippen molar-refractivity contribution in [1.82, 2.24) is 9.97 Å². The van der Waals surface area contributed by atoms with Gasteiger partial charge < -0.3 is 4.98 Å². The van der Waals surface area contributed by atoms with E-state index in [1.165, 1.54) is 5.56 Å². The van der Waals surface area contributed by atoms with Crippen LogP contribution in [0.3, 0.4) is 0 Å². The summed E-state index contributed by atoms with van der Waals surface area (Å²) in [6.45, 7) is 5.94. The van der Waals surface area contributed by atoms with Gasteiger partial charge in [0.05, 0.1) is 5.69 Å². The summed E-state index contributed by atoms with van der Waals surface area (Å²) in [4.78, 5) is 19.3. The van der Waals surface area contributed by atoms with Crippen molar-refractivity contribution in [3.8, 4) is 11.3 Å². The van der Waals surface area contributed by atoms with Crippen molar-refractivity contribution in [2.24, 2.45) is 0 Å². The lowest BCUT2D eigenvalue weighted by molar-refractivity contribution is 0.823. The minimum Gasteiger partial charge on any atom is -0.310 e. The van der Waals surface area contributed by atoms with Gasteiger partial charge in [0.1, 0.15) is 5.82 Å². The van der Waals surface area contributed by atoms with Crippen molar-refractivity contribution in [2.75, 3.05) is 0 Å². The van der Waals surface area contributed by atoms with Gasteiger partial charge in [0.2, 0.25) is 0 Å². The zero-order valence-electron chi connectivity index (χ0n) is 11.1. The van der Waals surface area contributed by atoms with Crippen LogP contribution in [-0.2, 0) is 6.42 Å². The summed E-state index contributed by atoms with van der Waals surface area (Å²) in [5, 5.41) is 0. The Morgan fingerprint density at radius 3 is 2.44 bits per heavy atom. The Balaban J connectivity index is 2.55. The molecule has 0 spiro atoms. The highest BCUT2D eigenvalue weighted by Crippen LogP contribution is 2.19. The van der Waals surface area contributed by atoms with E-state index in [4.69, 9.17) is 0 Å². The maximum absolute atomic E-state index is 11.9. The summed E-state index contributed by atoms with van der Waals surface area (Å²) in [5.74, 6) is 0.767. The molecular weight excluding hydrogens is 224 g/mol. The molecule has 0 aliphatic rings. The molecule has 0 amide bonds. The molecular formula is C15H18N2O. The molecule has 0 saturated heterocycles. The second kappa shape index (κ2) is 5.17. The molecule has 1 aromatic carbocycles. The minimum absolute atomic E-state index is 0.0379. The average molecular weight is 242 g/mol. The van der Waals surface area contributed by atoms with Crippen LogP contribution in [-0.4, -0.2) is 9.97 Å². The van der Waals surface area contributed by atoms with Gasteiger partial charge in [-0.05, 0) is 20.3 Å². The second-order valence-electron chi connectivity index (χ2n) is 4.60. The predicted octanol–water partition coefficient (Wildman–Crippen LogP) is 3.01. The monoisotopic (exact) mass is 242 g/mol. The highest BCUT2D eigenvalue weighted by molar-refractivity contribution is 5.62. The van der Waals surface area contributed by atoms with E-state index in [1.807, 2.05) is 38.1 Å². The van der Waals surface area contributed by atoms with E-state index in [1.54, 1.807) is 0 Å². The van der Waals surface area contributed by atoms with E-state index in [0.717, 1.165) is 29.9 Å². The Morgan fingerprint density at radius 2 is 1.83 bits per heavy atom. The third kappa shape index (κ3) is 2.50. The first-order valence-corrected chi connectivity index (χ1v) is 6.28. The summed E-state index contributed by atoms with van der Waals surface area (Å²) in [6, 6.07) is 8.11. The van der Waals surface area contributed by atoms with Gasteiger partial charge in [-0.2, -0.15) is 0 Å². The first-order valence-electron chi connectivity index (χ1n) is 6.28. The molecule has 2 aromatic rings. The molecule has 1 N–H and O–H groups in total. The van der Waals surface area contributed by atoms with Gasteiger partial charge in [-0.25, -0.2) is 4.98 Å². The number of aryl methyl sites for hydroxylation is 2. The molecule has 3 nitrogen and oxygen atoms in total. The number of nitrogens with one attached hydrogen (secondary N) is 1. The molecule has 0 radical (unpaired) electrons. The number of aromatic amines is 1. The standard InChI is InChI=1S/C15H18N2O/c1-4-5-13-16-14(11(3)15(18)17-13)12-8-6-10(2)7-9-12/h6-9H,4-5H2,1-3H3,(H,16,17,18). The van der Waals surface area contributed by atoms with Gasteiger partial charge in [-0.3, -0.25) is 4.79 Å². The smallest absolute Gasteiger partial charge is 0.254 e. The van der Waals surface area contributed by atoms with Crippen LogP contribution in [0.1, 0.15) is 30.3 Å². The van der Waals surface area contributed by atoms with Gasteiger partial charge in [-0.1, -0.05) is 36.8 Å². The fourth-order valence-electron chi connectivity index (χ4n) is 1.93. The van der Waals surface area contributed by atoms with E-state index in [0.29, 0.717) is 5.56 Å². The number of aromatic nitrogens is 2. The quantitative estimate of drug-likeness (QED) is 0.899. The fourth-order valence-corrected chi connectivity index (χ4v) is 1.93. The molecule has 0 saturated carbocycles. The first-order chi connectivity index (χ1) is 8.61. The third-order valence-corrected chi connectivity index (χ3v) is 3.01. The first kappa shape index (κ1) is 12.6. The van der Waals surface area contributed by atoms with Crippen LogP contribution >= 0.6 is 0 Å². The Kier molecular flexibility index (Phi) is 3.60. The highest BCUT2D eigenvalue weighted by atomic mass is 16.1. The van der Waals surface area contributed by atoms with Crippen molar-refractivity contribution in [3.05, 3.63) is 51.6 Å². The molecule has 0 atom stereocenters. The molecule has 18 heavy (non-hydrogen) atoms. The molecule has 0 fully saturated rings. The maximum Gasteiger partial charge on any atom is 0.254 e. The zero-order valence-corrected chi connectivity index (χ0v) is 11.1. The van der Waals surface area contributed by atoms with Gasteiger partial charge in [0.25, 0.3) is 5.56 Å². The summed E-state index contributed by atoms with van der Waals surface area (Å²) < 4.78 is 0. The summed E-state index contributed by atoms with van der Waals surface area (Å²) in [5.41, 5.74) is 3.64. The van der Waals surface area contributed by atoms with Crippen LogP contribution in [0.15, 0.2) is 29.1 Å². The molecule has 2 rings (SSSR count). The Hall–Kier alpha value is -1.90.